The van der Waals surface area contributed by atoms with Crippen molar-refractivity contribution in [2.45, 2.75) is 6.18 Å². The molecule has 0 aliphatic heterocycles. The van der Waals surface area contributed by atoms with E-state index in [1.165, 1.54) is 18.2 Å². The first-order chi connectivity index (χ1) is 13.6. The van der Waals surface area contributed by atoms with Crippen molar-refractivity contribution in [3.05, 3.63) is 62.4 Å². The summed E-state index contributed by atoms with van der Waals surface area (Å²) in [5, 5.41) is 8.43. The summed E-state index contributed by atoms with van der Waals surface area (Å²) >= 11 is 11.7. The second-order valence-corrected chi connectivity index (χ2v) is 6.45. The number of ether oxygens (including phenoxy) is 2. The molecule has 0 spiro atoms. The summed E-state index contributed by atoms with van der Waals surface area (Å²) in [6.45, 7) is -0.726. The Morgan fingerprint density at radius 2 is 1.86 bits per heavy atom. The highest BCUT2D eigenvalue weighted by Crippen LogP contribution is 2.40. The molecule has 3 aromatic rings. The van der Waals surface area contributed by atoms with Crippen LogP contribution in [0, 0.1) is 0 Å². The zero-order valence-electron chi connectivity index (χ0n) is 14.0. The van der Waals surface area contributed by atoms with E-state index in [9.17, 15) is 22.8 Å². The number of carbonyl (C=O) groups is 1. The van der Waals surface area contributed by atoms with Crippen molar-refractivity contribution in [3.63, 3.8) is 0 Å². The monoisotopic (exact) mass is 448 g/mol. The van der Waals surface area contributed by atoms with Crippen LogP contribution in [0.15, 0.2) is 45.6 Å². The first-order valence-corrected chi connectivity index (χ1v) is 8.47. The van der Waals surface area contributed by atoms with Crippen LogP contribution >= 0.6 is 23.2 Å². The molecule has 1 aromatic heterocycles. The highest BCUT2D eigenvalue weighted by atomic mass is 35.5. The lowest BCUT2D eigenvalue weighted by Crippen LogP contribution is -2.15. The van der Waals surface area contributed by atoms with E-state index < -0.39 is 41.3 Å². The third-order valence-corrected chi connectivity index (χ3v) is 4.09. The second-order valence-electron chi connectivity index (χ2n) is 5.60. The van der Waals surface area contributed by atoms with E-state index in [0.29, 0.717) is 0 Å². The number of carboxylic acid groups (broad SMARTS) is 1. The zero-order chi connectivity index (χ0) is 21.3. The fraction of sp³-hybridized carbons (Fsp3) is 0.111. The number of aliphatic carboxylic acids is 1. The second kappa shape index (κ2) is 7.84. The van der Waals surface area contributed by atoms with Crippen LogP contribution in [0.5, 0.6) is 17.2 Å². The molecule has 0 atom stereocenters. The van der Waals surface area contributed by atoms with Crippen molar-refractivity contribution < 1.29 is 37.0 Å². The number of benzene rings is 2. The average molecular weight is 449 g/mol. The summed E-state index contributed by atoms with van der Waals surface area (Å²) < 4.78 is 55.4. The van der Waals surface area contributed by atoms with Crippen molar-refractivity contribution >= 4 is 40.1 Å². The van der Waals surface area contributed by atoms with Crippen LogP contribution < -0.4 is 14.9 Å². The number of hydrogen-bond donors (Lipinski definition) is 1. The minimum atomic E-state index is -5.08. The molecule has 0 saturated carbocycles. The lowest BCUT2D eigenvalue weighted by Gasteiger charge is -2.14. The van der Waals surface area contributed by atoms with Gasteiger partial charge in [-0.05, 0) is 24.3 Å². The predicted octanol–water partition coefficient (Wildman–Crippen LogP) is 5.37. The Kier molecular flexibility index (Phi) is 5.63. The maximum atomic E-state index is 13.5. The number of alkyl halides is 3. The molecule has 6 nitrogen and oxygen atoms in total. The largest absolute Gasteiger partial charge is 0.482 e. The van der Waals surface area contributed by atoms with Gasteiger partial charge in [0.05, 0.1) is 10.4 Å². The fourth-order valence-corrected chi connectivity index (χ4v) is 2.65. The Bertz CT molecular complexity index is 1160. The van der Waals surface area contributed by atoms with Crippen molar-refractivity contribution in [1.29, 1.82) is 0 Å². The molecular weight excluding hydrogens is 440 g/mol. The molecule has 0 unspecified atom stereocenters. The molecule has 0 amide bonds. The van der Waals surface area contributed by atoms with Gasteiger partial charge < -0.3 is 19.0 Å². The van der Waals surface area contributed by atoms with Gasteiger partial charge in [0.1, 0.15) is 17.1 Å². The van der Waals surface area contributed by atoms with Gasteiger partial charge in [0, 0.05) is 17.2 Å². The minimum Gasteiger partial charge on any atom is -0.482 e. The van der Waals surface area contributed by atoms with Gasteiger partial charge in [-0.2, -0.15) is 13.2 Å². The SMILES string of the molecule is O=C(O)COc1ccc2c(=O)c(Oc3cc(Cl)ccc3Cl)c(C(F)(F)F)oc2c1. The van der Waals surface area contributed by atoms with Gasteiger partial charge in [0.15, 0.2) is 6.61 Å². The van der Waals surface area contributed by atoms with E-state index in [-0.39, 0.29) is 26.9 Å². The quantitative estimate of drug-likeness (QED) is 0.564. The van der Waals surface area contributed by atoms with Gasteiger partial charge in [-0.1, -0.05) is 23.2 Å². The molecule has 11 heteroatoms. The van der Waals surface area contributed by atoms with Gasteiger partial charge in [-0.3, -0.25) is 4.79 Å². The molecule has 0 radical (unpaired) electrons. The summed E-state index contributed by atoms with van der Waals surface area (Å²) in [6, 6.07) is 7.16. The summed E-state index contributed by atoms with van der Waals surface area (Å²) in [6.07, 6.45) is -5.08. The highest BCUT2D eigenvalue weighted by molar-refractivity contribution is 6.34. The first-order valence-electron chi connectivity index (χ1n) is 7.72. The maximum Gasteiger partial charge on any atom is 0.453 e. The van der Waals surface area contributed by atoms with Gasteiger partial charge in [-0.25, -0.2) is 4.79 Å². The molecule has 0 aliphatic rings. The number of carboxylic acids is 1. The van der Waals surface area contributed by atoms with E-state index in [1.54, 1.807) is 0 Å². The number of halogens is 5. The topological polar surface area (TPSA) is 86.0 Å². The van der Waals surface area contributed by atoms with Crippen LogP contribution in [0.2, 0.25) is 10.0 Å². The molecule has 152 valence electrons. The van der Waals surface area contributed by atoms with E-state index in [4.69, 9.17) is 42.2 Å². The number of hydrogen-bond acceptors (Lipinski definition) is 5. The molecule has 29 heavy (non-hydrogen) atoms. The Labute approximate surface area is 170 Å². The van der Waals surface area contributed by atoms with Gasteiger partial charge >= 0.3 is 12.1 Å². The number of rotatable bonds is 5. The summed E-state index contributed by atoms with van der Waals surface area (Å²) in [7, 11) is 0. The maximum absolute atomic E-state index is 13.5. The van der Waals surface area contributed by atoms with Crippen molar-refractivity contribution in [1.82, 2.24) is 0 Å². The van der Waals surface area contributed by atoms with E-state index >= 15 is 0 Å². The normalized spacial score (nSPS) is 11.5. The van der Waals surface area contributed by atoms with Crippen LogP contribution in [0.4, 0.5) is 13.2 Å². The van der Waals surface area contributed by atoms with Crippen LogP contribution in [-0.2, 0) is 11.0 Å². The minimum absolute atomic E-state index is 0.0700. The fourth-order valence-electron chi connectivity index (χ4n) is 2.34. The Hall–Kier alpha value is -2.91. The highest BCUT2D eigenvalue weighted by Gasteiger charge is 2.40. The van der Waals surface area contributed by atoms with Crippen molar-refractivity contribution in [2.75, 3.05) is 6.61 Å². The van der Waals surface area contributed by atoms with Crippen molar-refractivity contribution in [2.24, 2.45) is 0 Å². The Morgan fingerprint density at radius 3 is 2.52 bits per heavy atom. The predicted molar refractivity (Wildman–Crippen MR) is 97.2 cm³/mol. The smallest absolute Gasteiger partial charge is 0.453 e. The average Bonchev–Trinajstić information content (AvgIpc) is 2.64. The molecule has 1 N–H and O–H groups in total. The van der Waals surface area contributed by atoms with Crippen LogP contribution in [0.1, 0.15) is 5.76 Å². The zero-order valence-corrected chi connectivity index (χ0v) is 15.6. The third kappa shape index (κ3) is 4.57. The molecule has 0 bridgehead atoms. The lowest BCUT2D eigenvalue weighted by atomic mass is 10.2. The van der Waals surface area contributed by atoms with Gasteiger partial charge in [0.2, 0.25) is 11.2 Å². The van der Waals surface area contributed by atoms with E-state index in [0.717, 1.165) is 18.2 Å². The third-order valence-electron chi connectivity index (χ3n) is 3.55. The number of fused-ring (bicyclic) bond motifs is 1. The molecular formula is C18H9Cl2F3O6. The summed E-state index contributed by atoms with van der Waals surface area (Å²) in [4.78, 5) is 23.2. The lowest BCUT2D eigenvalue weighted by molar-refractivity contribution is -0.154. The van der Waals surface area contributed by atoms with Crippen LogP contribution in [-0.4, -0.2) is 17.7 Å². The van der Waals surface area contributed by atoms with Crippen molar-refractivity contribution in [3.8, 4) is 17.2 Å². The van der Waals surface area contributed by atoms with E-state index in [1.807, 2.05) is 0 Å². The summed E-state index contributed by atoms with van der Waals surface area (Å²) in [5.74, 6) is -4.46. The Morgan fingerprint density at radius 1 is 1.14 bits per heavy atom. The Balaban J connectivity index is 2.17. The van der Waals surface area contributed by atoms with E-state index in [2.05, 4.69) is 0 Å². The molecule has 0 saturated heterocycles. The van der Waals surface area contributed by atoms with Gasteiger partial charge in [0.25, 0.3) is 5.76 Å². The molecule has 2 aromatic carbocycles. The molecule has 0 aliphatic carbocycles. The molecule has 0 fully saturated rings. The van der Waals surface area contributed by atoms with Crippen LogP contribution in [0.3, 0.4) is 0 Å². The molecule has 1 heterocycles. The van der Waals surface area contributed by atoms with Gasteiger partial charge in [-0.15, -0.1) is 0 Å². The molecule has 3 rings (SSSR count). The first kappa shape index (κ1) is 20.8. The standard InChI is InChI=1S/C18H9Cl2F3O6/c19-8-1-4-11(20)13(5-8)28-16-15(26)10-3-2-9(27-7-14(24)25)6-12(10)29-17(16)18(21,22)23/h1-6H,7H2,(H,24,25). The van der Waals surface area contributed by atoms with Crippen LogP contribution in [0.25, 0.3) is 11.0 Å². The summed E-state index contributed by atoms with van der Waals surface area (Å²) in [5.41, 5.74) is -1.57.